The predicted octanol–water partition coefficient (Wildman–Crippen LogP) is 0.738. The molecule has 1 saturated heterocycles. The van der Waals surface area contributed by atoms with Crippen molar-refractivity contribution in [1.82, 2.24) is 15.5 Å². The van der Waals surface area contributed by atoms with Gasteiger partial charge in [-0.05, 0) is 25.1 Å². The molecule has 1 amide bonds. The zero-order chi connectivity index (χ0) is 17.4. The Kier molecular flexibility index (Phi) is 7.14. The number of benzene rings is 1. The van der Waals surface area contributed by atoms with Crippen LogP contribution in [0.3, 0.4) is 0 Å². The summed E-state index contributed by atoms with van der Waals surface area (Å²) in [6.45, 7) is 5.86. The molecule has 1 aromatic rings. The number of carbonyl (C=O) groups excluding carboxylic acids is 1. The first-order chi connectivity index (χ1) is 11.7. The fraction of sp³-hybridized carbons (Fsp3) is 0.588. The van der Waals surface area contributed by atoms with Crippen molar-refractivity contribution in [2.75, 3.05) is 60.6 Å². The lowest BCUT2D eigenvalue weighted by Gasteiger charge is -2.27. The Morgan fingerprint density at radius 2 is 1.75 bits per heavy atom. The Balaban J connectivity index is 1.89. The summed E-state index contributed by atoms with van der Waals surface area (Å²) in [5.41, 5.74) is 0.492. The maximum atomic E-state index is 12.3. The first kappa shape index (κ1) is 18.4. The van der Waals surface area contributed by atoms with Gasteiger partial charge in [-0.2, -0.15) is 0 Å². The first-order valence-electron chi connectivity index (χ1n) is 8.21. The van der Waals surface area contributed by atoms with Gasteiger partial charge in [0.2, 0.25) is 5.75 Å². The van der Waals surface area contributed by atoms with Gasteiger partial charge < -0.3 is 29.7 Å². The quantitative estimate of drug-likeness (QED) is 0.682. The number of nitrogens with one attached hydrogen (secondary N) is 2. The minimum absolute atomic E-state index is 0.144. The smallest absolute Gasteiger partial charge is 0.251 e. The molecule has 2 N–H and O–H groups in total. The van der Waals surface area contributed by atoms with E-state index in [0.29, 0.717) is 29.4 Å². The zero-order valence-corrected chi connectivity index (χ0v) is 14.7. The van der Waals surface area contributed by atoms with Gasteiger partial charge in [-0.1, -0.05) is 0 Å². The molecule has 134 valence electrons. The van der Waals surface area contributed by atoms with E-state index < -0.39 is 0 Å². The van der Waals surface area contributed by atoms with Crippen molar-refractivity contribution in [3.05, 3.63) is 17.7 Å². The van der Waals surface area contributed by atoms with E-state index in [-0.39, 0.29) is 5.91 Å². The standard InChI is InChI=1S/C17H27N3O4/c1-22-14-11-13(12-15(23-2)16(14)24-3)17(21)19-5-4-8-20-9-6-18-7-10-20/h11-12,18H,4-10H2,1-3H3,(H,19,21). The molecular formula is C17H27N3O4. The molecule has 0 saturated carbocycles. The maximum absolute atomic E-state index is 12.3. The van der Waals surface area contributed by atoms with Crippen LogP contribution in [0, 0.1) is 0 Å². The molecule has 0 spiro atoms. The number of carbonyl (C=O) groups is 1. The molecule has 1 aromatic carbocycles. The normalized spacial score (nSPS) is 15.0. The number of hydrogen-bond donors (Lipinski definition) is 2. The summed E-state index contributed by atoms with van der Waals surface area (Å²) in [6.07, 6.45) is 0.927. The minimum atomic E-state index is -0.144. The summed E-state index contributed by atoms with van der Waals surface area (Å²) in [6, 6.07) is 3.32. The van der Waals surface area contributed by atoms with Crippen LogP contribution in [-0.4, -0.2) is 71.4 Å². The van der Waals surface area contributed by atoms with E-state index >= 15 is 0 Å². The van der Waals surface area contributed by atoms with Gasteiger partial charge in [-0.25, -0.2) is 0 Å². The van der Waals surface area contributed by atoms with Crippen LogP contribution in [-0.2, 0) is 0 Å². The lowest BCUT2D eigenvalue weighted by molar-refractivity contribution is 0.0950. The average Bonchev–Trinajstić information content (AvgIpc) is 2.64. The second kappa shape index (κ2) is 9.34. The van der Waals surface area contributed by atoms with Gasteiger partial charge in [0, 0.05) is 38.3 Å². The van der Waals surface area contributed by atoms with Crippen LogP contribution < -0.4 is 24.8 Å². The van der Waals surface area contributed by atoms with E-state index in [0.717, 1.165) is 39.1 Å². The van der Waals surface area contributed by atoms with E-state index in [1.54, 1.807) is 12.1 Å². The number of ether oxygens (including phenoxy) is 3. The van der Waals surface area contributed by atoms with Crippen LogP contribution in [0.1, 0.15) is 16.8 Å². The number of rotatable bonds is 8. The molecule has 0 unspecified atom stereocenters. The fourth-order valence-corrected chi connectivity index (χ4v) is 2.75. The Labute approximate surface area is 143 Å². The Morgan fingerprint density at radius 3 is 2.29 bits per heavy atom. The molecule has 1 heterocycles. The Bertz CT molecular complexity index is 520. The fourth-order valence-electron chi connectivity index (χ4n) is 2.75. The number of piperazine rings is 1. The van der Waals surface area contributed by atoms with Crippen LogP contribution in [0.25, 0.3) is 0 Å². The Morgan fingerprint density at radius 1 is 1.12 bits per heavy atom. The largest absolute Gasteiger partial charge is 0.493 e. The van der Waals surface area contributed by atoms with Gasteiger partial charge in [-0.3, -0.25) is 4.79 Å². The molecule has 0 atom stereocenters. The van der Waals surface area contributed by atoms with Crippen LogP contribution in [0.5, 0.6) is 17.2 Å². The van der Waals surface area contributed by atoms with E-state index in [1.807, 2.05) is 0 Å². The highest BCUT2D eigenvalue weighted by Crippen LogP contribution is 2.38. The highest BCUT2D eigenvalue weighted by molar-refractivity contribution is 5.95. The summed E-state index contributed by atoms with van der Waals surface area (Å²) in [7, 11) is 4.61. The highest BCUT2D eigenvalue weighted by Gasteiger charge is 2.17. The zero-order valence-electron chi connectivity index (χ0n) is 14.7. The minimum Gasteiger partial charge on any atom is -0.493 e. The van der Waals surface area contributed by atoms with Crippen molar-refractivity contribution >= 4 is 5.91 Å². The number of nitrogens with zero attached hydrogens (tertiary/aromatic N) is 1. The average molecular weight is 337 g/mol. The first-order valence-corrected chi connectivity index (χ1v) is 8.21. The molecule has 7 heteroatoms. The number of methoxy groups -OCH3 is 3. The summed E-state index contributed by atoms with van der Waals surface area (Å²) in [4.78, 5) is 14.7. The molecule has 0 aliphatic carbocycles. The summed E-state index contributed by atoms with van der Waals surface area (Å²) in [5.74, 6) is 1.29. The lowest BCUT2D eigenvalue weighted by Crippen LogP contribution is -2.44. The topological polar surface area (TPSA) is 72.1 Å². The number of amides is 1. The van der Waals surface area contributed by atoms with Crippen molar-refractivity contribution in [3.63, 3.8) is 0 Å². The van der Waals surface area contributed by atoms with E-state index in [1.165, 1.54) is 21.3 Å². The van der Waals surface area contributed by atoms with Crippen molar-refractivity contribution in [2.45, 2.75) is 6.42 Å². The second-order valence-electron chi connectivity index (χ2n) is 5.62. The SMILES string of the molecule is COc1cc(C(=O)NCCCN2CCNCC2)cc(OC)c1OC. The molecule has 1 aliphatic heterocycles. The molecule has 1 fully saturated rings. The summed E-state index contributed by atoms with van der Waals surface area (Å²) < 4.78 is 15.8. The third-order valence-electron chi connectivity index (χ3n) is 4.07. The van der Waals surface area contributed by atoms with Crippen molar-refractivity contribution < 1.29 is 19.0 Å². The van der Waals surface area contributed by atoms with Crippen LogP contribution in [0.15, 0.2) is 12.1 Å². The molecule has 0 bridgehead atoms. The third-order valence-corrected chi connectivity index (χ3v) is 4.07. The van der Waals surface area contributed by atoms with Crippen LogP contribution in [0.2, 0.25) is 0 Å². The van der Waals surface area contributed by atoms with Gasteiger partial charge in [0.15, 0.2) is 11.5 Å². The monoisotopic (exact) mass is 337 g/mol. The summed E-state index contributed by atoms with van der Waals surface area (Å²) >= 11 is 0. The van der Waals surface area contributed by atoms with Gasteiger partial charge in [0.05, 0.1) is 21.3 Å². The van der Waals surface area contributed by atoms with E-state index in [2.05, 4.69) is 15.5 Å². The third kappa shape index (κ3) is 4.75. The summed E-state index contributed by atoms with van der Waals surface area (Å²) in [5, 5.41) is 6.28. The predicted molar refractivity (Wildman–Crippen MR) is 92.4 cm³/mol. The van der Waals surface area contributed by atoms with Gasteiger partial charge >= 0.3 is 0 Å². The highest BCUT2D eigenvalue weighted by atomic mass is 16.5. The molecule has 1 aliphatic rings. The molecule has 0 aromatic heterocycles. The van der Waals surface area contributed by atoms with Crippen molar-refractivity contribution in [3.8, 4) is 17.2 Å². The molecule has 24 heavy (non-hydrogen) atoms. The van der Waals surface area contributed by atoms with Crippen LogP contribution >= 0.6 is 0 Å². The van der Waals surface area contributed by atoms with Crippen molar-refractivity contribution in [1.29, 1.82) is 0 Å². The van der Waals surface area contributed by atoms with E-state index in [9.17, 15) is 4.79 Å². The van der Waals surface area contributed by atoms with Crippen LogP contribution in [0.4, 0.5) is 0 Å². The van der Waals surface area contributed by atoms with Gasteiger partial charge in [0.1, 0.15) is 0 Å². The number of hydrogen-bond acceptors (Lipinski definition) is 6. The molecule has 0 radical (unpaired) electrons. The lowest BCUT2D eigenvalue weighted by atomic mass is 10.1. The van der Waals surface area contributed by atoms with Crippen molar-refractivity contribution in [2.24, 2.45) is 0 Å². The van der Waals surface area contributed by atoms with Gasteiger partial charge in [-0.15, -0.1) is 0 Å². The maximum Gasteiger partial charge on any atom is 0.251 e. The molecular weight excluding hydrogens is 310 g/mol. The molecule has 7 nitrogen and oxygen atoms in total. The molecule has 2 rings (SSSR count). The second-order valence-corrected chi connectivity index (χ2v) is 5.62. The Hall–Kier alpha value is -1.99. The van der Waals surface area contributed by atoms with Gasteiger partial charge in [0.25, 0.3) is 5.91 Å². The van der Waals surface area contributed by atoms with E-state index in [4.69, 9.17) is 14.2 Å².